The van der Waals surface area contributed by atoms with E-state index in [4.69, 9.17) is 4.74 Å². The summed E-state index contributed by atoms with van der Waals surface area (Å²) in [7, 11) is 2.80. The number of aliphatic hydroxyl groups is 3. The van der Waals surface area contributed by atoms with Crippen LogP contribution in [0.5, 0.6) is 0 Å². The highest BCUT2D eigenvalue weighted by Crippen LogP contribution is 2.26. The smallest absolute Gasteiger partial charge is 0.332 e. The van der Waals surface area contributed by atoms with Crippen molar-refractivity contribution in [1.82, 2.24) is 18.7 Å². The number of hydrogen-bond acceptors (Lipinski definition) is 7. The number of hydrogen-bond donors (Lipinski definition) is 3. The minimum Gasteiger partial charge on any atom is -0.388 e. The third-order valence-electron chi connectivity index (χ3n) is 3.92. The highest BCUT2D eigenvalue weighted by Gasteiger charge is 2.39. The van der Waals surface area contributed by atoms with Gasteiger partial charge in [0.15, 0.2) is 17.4 Å². The van der Waals surface area contributed by atoms with Gasteiger partial charge in [-0.1, -0.05) is 0 Å². The molecule has 22 heavy (non-hydrogen) atoms. The van der Waals surface area contributed by atoms with E-state index in [1.165, 1.54) is 29.6 Å². The normalized spacial score (nSPS) is 29.1. The SMILES string of the molecule is Cn1c(=O)c2c(ncn2C2OCC(O)C(O)C2O)n(C)c1=O. The van der Waals surface area contributed by atoms with E-state index in [1.54, 1.807) is 0 Å². The van der Waals surface area contributed by atoms with Crippen molar-refractivity contribution >= 4 is 11.2 Å². The van der Waals surface area contributed by atoms with Crippen LogP contribution < -0.4 is 11.2 Å². The molecule has 3 rings (SSSR count). The zero-order valence-electron chi connectivity index (χ0n) is 11.9. The first-order chi connectivity index (χ1) is 10.3. The minimum absolute atomic E-state index is 0.0669. The van der Waals surface area contributed by atoms with Gasteiger partial charge in [0, 0.05) is 14.1 Å². The molecule has 0 aliphatic carbocycles. The number of aromatic nitrogens is 4. The van der Waals surface area contributed by atoms with Gasteiger partial charge < -0.3 is 20.1 Å². The van der Waals surface area contributed by atoms with Gasteiger partial charge in [0.2, 0.25) is 0 Å². The predicted molar refractivity (Wildman–Crippen MR) is 73.2 cm³/mol. The molecule has 10 nitrogen and oxygen atoms in total. The molecule has 10 heteroatoms. The van der Waals surface area contributed by atoms with Gasteiger partial charge in [-0.3, -0.25) is 18.5 Å². The lowest BCUT2D eigenvalue weighted by Crippen LogP contribution is -2.51. The van der Waals surface area contributed by atoms with Gasteiger partial charge in [0.25, 0.3) is 5.56 Å². The number of imidazole rings is 1. The molecule has 1 aliphatic heterocycles. The summed E-state index contributed by atoms with van der Waals surface area (Å²) in [5.74, 6) is 0. The van der Waals surface area contributed by atoms with Crippen LogP contribution in [0, 0.1) is 0 Å². The van der Waals surface area contributed by atoms with E-state index in [-0.39, 0.29) is 17.8 Å². The molecule has 3 N–H and O–H groups in total. The lowest BCUT2D eigenvalue weighted by molar-refractivity contribution is -0.209. The Labute approximate surface area is 123 Å². The molecule has 0 radical (unpaired) electrons. The van der Waals surface area contributed by atoms with Crippen LogP contribution in [0.1, 0.15) is 6.23 Å². The van der Waals surface area contributed by atoms with Crippen molar-refractivity contribution in [3.05, 3.63) is 27.2 Å². The van der Waals surface area contributed by atoms with Gasteiger partial charge in [-0.2, -0.15) is 0 Å². The molecule has 1 fully saturated rings. The summed E-state index contributed by atoms with van der Waals surface area (Å²) < 4.78 is 8.70. The average Bonchev–Trinajstić information content (AvgIpc) is 2.93. The quantitative estimate of drug-likeness (QED) is 0.513. The van der Waals surface area contributed by atoms with Crippen LogP contribution in [0.2, 0.25) is 0 Å². The monoisotopic (exact) mass is 312 g/mol. The molecule has 4 atom stereocenters. The van der Waals surface area contributed by atoms with Crippen molar-refractivity contribution in [3.8, 4) is 0 Å². The molecular weight excluding hydrogens is 296 g/mol. The van der Waals surface area contributed by atoms with Crippen molar-refractivity contribution < 1.29 is 20.1 Å². The fourth-order valence-electron chi connectivity index (χ4n) is 2.59. The molecule has 0 saturated carbocycles. The van der Waals surface area contributed by atoms with Crippen molar-refractivity contribution in [2.24, 2.45) is 14.1 Å². The number of ether oxygens (including phenoxy) is 1. The summed E-state index contributed by atoms with van der Waals surface area (Å²) in [5.41, 5.74) is -0.905. The Balaban J connectivity index is 2.21. The van der Waals surface area contributed by atoms with E-state index < -0.39 is 35.8 Å². The van der Waals surface area contributed by atoms with E-state index in [0.717, 1.165) is 4.57 Å². The number of fused-ring (bicyclic) bond motifs is 1. The van der Waals surface area contributed by atoms with E-state index in [2.05, 4.69) is 4.98 Å². The second-order valence-electron chi connectivity index (χ2n) is 5.30. The fourth-order valence-corrected chi connectivity index (χ4v) is 2.59. The first-order valence-electron chi connectivity index (χ1n) is 6.63. The predicted octanol–water partition coefficient (Wildman–Crippen LogP) is -2.95. The Morgan fingerprint density at radius 2 is 1.86 bits per heavy atom. The first-order valence-corrected chi connectivity index (χ1v) is 6.63. The van der Waals surface area contributed by atoms with Crippen molar-refractivity contribution in [2.75, 3.05) is 6.61 Å². The van der Waals surface area contributed by atoms with Gasteiger partial charge in [0.1, 0.15) is 18.3 Å². The molecule has 0 amide bonds. The maximum atomic E-state index is 12.3. The number of nitrogens with zero attached hydrogens (tertiary/aromatic N) is 4. The Hall–Kier alpha value is -2.01. The van der Waals surface area contributed by atoms with Gasteiger partial charge >= 0.3 is 5.69 Å². The van der Waals surface area contributed by atoms with E-state index >= 15 is 0 Å². The molecule has 3 heterocycles. The molecule has 0 bridgehead atoms. The van der Waals surface area contributed by atoms with Gasteiger partial charge in [-0.25, -0.2) is 9.78 Å². The van der Waals surface area contributed by atoms with E-state index in [1.807, 2.05) is 0 Å². The Kier molecular flexibility index (Phi) is 3.40. The minimum atomic E-state index is -1.44. The zero-order chi connectivity index (χ0) is 16.2. The van der Waals surface area contributed by atoms with Crippen molar-refractivity contribution in [3.63, 3.8) is 0 Å². The highest BCUT2D eigenvalue weighted by atomic mass is 16.5. The summed E-state index contributed by atoms with van der Waals surface area (Å²) >= 11 is 0. The second-order valence-corrected chi connectivity index (χ2v) is 5.30. The summed E-state index contributed by atoms with van der Waals surface area (Å²) in [5, 5.41) is 29.3. The first kappa shape index (κ1) is 14.9. The molecule has 1 aliphatic rings. The van der Waals surface area contributed by atoms with Crippen LogP contribution in [0.3, 0.4) is 0 Å². The topological polar surface area (TPSA) is 132 Å². The van der Waals surface area contributed by atoms with E-state index in [9.17, 15) is 24.9 Å². The Morgan fingerprint density at radius 1 is 1.18 bits per heavy atom. The molecule has 4 unspecified atom stereocenters. The summed E-state index contributed by atoms with van der Waals surface area (Å²) in [6.07, 6.45) is -3.90. The molecule has 2 aromatic heterocycles. The second kappa shape index (κ2) is 5.02. The number of rotatable bonds is 1. The lowest BCUT2D eigenvalue weighted by atomic mass is 10.0. The standard InChI is InChI=1S/C12H16N4O6/c1-14-9-6(10(20)15(2)12(14)21)16(4-13-9)11-8(19)7(18)5(17)3-22-11/h4-5,7-8,11,17-19H,3H2,1-2H3. The van der Waals surface area contributed by atoms with E-state index in [0.29, 0.717) is 0 Å². The Bertz CT molecular complexity index is 836. The largest absolute Gasteiger partial charge is 0.388 e. The van der Waals surface area contributed by atoms with Gasteiger partial charge in [-0.15, -0.1) is 0 Å². The van der Waals surface area contributed by atoms with Crippen LogP contribution in [-0.4, -0.2) is 58.9 Å². The summed E-state index contributed by atoms with van der Waals surface area (Å²) in [6.45, 7) is -0.200. The maximum absolute atomic E-state index is 12.3. The summed E-state index contributed by atoms with van der Waals surface area (Å²) in [4.78, 5) is 28.2. The van der Waals surface area contributed by atoms with Crippen LogP contribution in [-0.2, 0) is 18.8 Å². The average molecular weight is 312 g/mol. The van der Waals surface area contributed by atoms with Crippen molar-refractivity contribution in [1.29, 1.82) is 0 Å². The third-order valence-corrected chi connectivity index (χ3v) is 3.92. The fraction of sp³-hybridized carbons (Fsp3) is 0.583. The van der Waals surface area contributed by atoms with Crippen LogP contribution in [0.25, 0.3) is 11.2 Å². The van der Waals surface area contributed by atoms with Crippen LogP contribution in [0.4, 0.5) is 0 Å². The van der Waals surface area contributed by atoms with Crippen molar-refractivity contribution in [2.45, 2.75) is 24.5 Å². The third kappa shape index (κ3) is 1.92. The molecule has 0 aromatic carbocycles. The lowest BCUT2D eigenvalue weighted by Gasteiger charge is -2.35. The van der Waals surface area contributed by atoms with Crippen LogP contribution >= 0.6 is 0 Å². The molecular formula is C12H16N4O6. The highest BCUT2D eigenvalue weighted by molar-refractivity contribution is 5.70. The number of aliphatic hydroxyl groups excluding tert-OH is 3. The molecule has 1 saturated heterocycles. The Morgan fingerprint density at radius 3 is 2.55 bits per heavy atom. The number of aryl methyl sites for hydroxylation is 1. The maximum Gasteiger partial charge on any atom is 0.332 e. The van der Waals surface area contributed by atoms with Crippen LogP contribution in [0.15, 0.2) is 15.9 Å². The molecule has 0 spiro atoms. The van der Waals surface area contributed by atoms with Gasteiger partial charge in [0.05, 0.1) is 12.9 Å². The molecule has 120 valence electrons. The summed E-state index contributed by atoms with van der Waals surface area (Å²) in [6, 6.07) is 0. The zero-order valence-corrected chi connectivity index (χ0v) is 11.9. The van der Waals surface area contributed by atoms with Gasteiger partial charge in [-0.05, 0) is 0 Å². The molecule has 2 aromatic rings.